The summed E-state index contributed by atoms with van der Waals surface area (Å²) in [5, 5.41) is 10.8. The first-order chi connectivity index (χ1) is 11.1. The van der Waals surface area contributed by atoms with Gasteiger partial charge in [-0.2, -0.15) is 0 Å². The molecule has 1 heterocycles. The minimum absolute atomic E-state index is 0.141. The highest BCUT2D eigenvalue weighted by atomic mass is 35.5. The zero-order chi connectivity index (χ0) is 16.2. The third kappa shape index (κ3) is 4.06. The topological polar surface area (TPSA) is 43.8 Å². The summed E-state index contributed by atoms with van der Waals surface area (Å²) in [4.78, 5) is 16.8. The van der Waals surface area contributed by atoms with Crippen molar-refractivity contribution in [3.8, 4) is 0 Å². The predicted molar refractivity (Wildman–Crippen MR) is 91.6 cm³/mol. The van der Waals surface area contributed by atoms with Gasteiger partial charge in [0, 0.05) is 37.2 Å². The van der Waals surface area contributed by atoms with E-state index < -0.39 is 0 Å². The molecular formula is C18H25ClN2O2. The largest absolute Gasteiger partial charge is 0.391 e. The third-order valence-corrected chi connectivity index (χ3v) is 5.50. The molecule has 1 saturated heterocycles. The number of hydrogen-bond acceptors (Lipinski definition) is 3. The fourth-order valence-corrected chi connectivity index (χ4v) is 3.94. The van der Waals surface area contributed by atoms with Gasteiger partial charge in [-0.25, -0.2) is 0 Å². The lowest BCUT2D eigenvalue weighted by Crippen LogP contribution is -2.55. The molecule has 5 heteroatoms. The summed E-state index contributed by atoms with van der Waals surface area (Å²) in [5.41, 5.74) is 0.893. The number of benzene rings is 1. The minimum Gasteiger partial charge on any atom is -0.391 e. The van der Waals surface area contributed by atoms with E-state index in [2.05, 4.69) is 4.90 Å². The molecule has 2 aliphatic rings. The van der Waals surface area contributed by atoms with Crippen LogP contribution in [0, 0.1) is 0 Å². The number of piperazine rings is 1. The number of amides is 1. The van der Waals surface area contributed by atoms with Gasteiger partial charge in [-0.05, 0) is 24.5 Å². The molecule has 2 unspecified atom stereocenters. The fraction of sp³-hybridized carbons (Fsp3) is 0.611. The second-order valence-corrected chi connectivity index (χ2v) is 7.01. The van der Waals surface area contributed by atoms with E-state index in [0.29, 0.717) is 11.4 Å². The van der Waals surface area contributed by atoms with Crippen LogP contribution in [-0.4, -0.2) is 59.1 Å². The molecule has 0 radical (unpaired) electrons. The van der Waals surface area contributed by atoms with E-state index in [9.17, 15) is 9.90 Å². The first-order valence-electron chi connectivity index (χ1n) is 8.58. The molecule has 2 atom stereocenters. The van der Waals surface area contributed by atoms with Gasteiger partial charge >= 0.3 is 0 Å². The van der Waals surface area contributed by atoms with Crippen LogP contribution in [-0.2, 0) is 11.2 Å². The number of aliphatic hydroxyl groups excluding tert-OH is 1. The molecule has 0 spiro atoms. The molecule has 1 aromatic carbocycles. The standard InChI is InChI=1S/C18H25ClN2O2/c19-15-6-2-1-5-14(15)13-18(23)21-11-9-20(10-12-21)16-7-3-4-8-17(16)22/h1-2,5-6,16-17,22H,3-4,7-13H2. The molecule has 1 aromatic rings. The molecule has 23 heavy (non-hydrogen) atoms. The van der Waals surface area contributed by atoms with E-state index in [-0.39, 0.29) is 18.1 Å². The lowest BCUT2D eigenvalue weighted by molar-refractivity contribution is -0.133. The SMILES string of the molecule is O=C(Cc1ccccc1Cl)N1CCN(C2CCCCC2O)CC1. The maximum atomic E-state index is 12.5. The van der Waals surface area contributed by atoms with Crippen LogP contribution in [0.3, 0.4) is 0 Å². The summed E-state index contributed by atoms with van der Waals surface area (Å²) in [7, 11) is 0. The van der Waals surface area contributed by atoms with E-state index in [1.165, 1.54) is 6.42 Å². The van der Waals surface area contributed by atoms with E-state index in [0.717, 1.165) is 51.0 Å². The Kier molecular flexibility index (Phi) is 5.57. The molecule has 1 aliphatic carbocycles. The molecule has 126 valence electrons. The lowest BCUT2D eigenvalue weighted by atomic mass is 9.91. The van der Waals surface area contributed by atoms with Crippen LogP contribution < -0.4 is 0 Å². The van der Waals surface area contributed by atoms with Gasteiger partial charge in [0.1, 0.15) is 0 Å². The average Bonchev–Trinajstić information content (AvgIpc) is 2.57. The quantitative estimate of drug-likeness (QED) is 0.921. The first-order valence-corrected chi connectivity index (χ1v) is 8.96. The van der Waals surface area contributed by atoms with E-state index in [1.807, 2.05) is 29.2 Å². The highest BCUT2D eigenvalue weighted by Crippen LogP contribution is 2.24. The summed E-state index contributed by atoms with van der Waals surface area (Å²) in [5.74, 6) is 0.141. The predicted octanol–water partition coefficient (Wildman–Crippen LogP) is 2.33. The van der Waals surface area contributed by atoms with Crippen molar-refractivity contribution in [3.63, 3.8) is 0 Å². The minimum atomic E-state index is -0.200. The van der Waals surface area contributed by atoms with E-state index in [4.69, 9.17) is 11.6 Å². The Morgan fingerprint density at radius 2 is 1.83 bits per heavy atom. The third-order valence-electron chi connectivity index (χ3n) is 5.13. The number of halogens is 1. The number of hydrogen-bond donors (Lipinski definition) is 1. The van der Waals surface area contributed by atoms with Crippen molar-refractivity contribution < 1.29 is 9.90 Å². The Morgan fingerprint density at radius 1 is 1.13 bits per heavy atom. The van der Waals surface area contributed by atoms with Gasteiger partial charge in [-0.3, -0.25) is 9.69 Å². The molecule has 1 N–H and O–H groups in total. The van der Waals surface area contributed by atoms with Gasteiger partial charge in [0.2, 0.25) is 5.91 Å². The molecule has 2 fully saturated rings. The van der Waals surface area contributed by atoms with Gasteiger partial charge in [-0.15, -0.1) is 0 Å². The number of rotatable bonds is 3. The zero-order valence-electron chi connectivity index (χ0n) is 13.5. The van der Waals surface area contributed by atoms with Gasteiger partial charge in [0.05, 0.1) is 12.5 Å². The van der Waals surface area contributed by atoms with Crippen LogP contribution in [0.2, 0.25) is 5.02 Å². The van der Waals surface area contributed by atoms with Crippen molar-refractivity contribution in [2.45, 2.75) is 44.2 Å². The van der Waals surface area contributed by atoms with Crippen LogP contribution >= 0.6 is 11.6 Å². The number of aliphatic hydroxyl groups is 1. The molecule has 0 bridgehead atoms. The van der Waals surface area contributed by atoms with Crippen molar-refractivity contribution >= 4 is 17.5 Å². The highest BCUT2D eigenvalue weighted by Gasteiger charge is 2.31. The molecule has 3 rings (SSSR count). The number of nitrogens with zero attached hydrogens (tertiary/aromatic N) is 2. The second-order valence-electron chi connectivity index (χ2n) is 6.60. The van der Waals surface area contributed by atoms with E-state index in [1.54, 1.807) is 0 Å². The number of carbonyl (C=O) groups excluding carboxylic acids is 1. The first kappa shape index (κ1) is 16.7. The summed E-state index contributed by atoms with van der Waals surface area (Å²) < 4.78 is 0. The molecule has 1 saturated carbocycles. The van der Waals surface area contributed by atoms with Gasteiger partial charge in [-0.1, -0.05) is 42.6 Å². The Hall–Kier alpha value is -1.10. The van der Waals surface area contributed by atoms with Crippen LogP contribution in [0.1, 0.15) is 31.2 Å². The maximum Gasteiger partial charge on any atom is 0.227 e. The molecule has 1 aliphatic heterocycles. The average molecular weight is 337 g/mol. The van der Waals surface area contributed by atoms with Crippen molar-refractivity contribution in [2.24, 2.45) is 0 Å². The molecule has 0 aromatic heterocycles. The molecular weight excluding hydrogens is 312 g/mol. The van der Waals surface area contributed by atoms with Crippen LogP contribution in [0.5, 0.6) is 0 Å². The molecule has 1 amide bonds. The van der Waals surface area contributed by atoms with Gasteiger partial charge in [0.25, 0.3) is 0 Å². The maximum absolute atomic E-state index is 12.5. The van der Waals surface area contributed by atoms with Gasteiger partial charge < -0.3 is 10.0 Å². The van der Waals surface area contributed by atoms with Crippen LogP contribution in [0.25, 0.3) is 0 Å². The zero-order valence-corrected chi connectivity index (χ0v) is 14.2. The smallest absolute Gasteiger partial charge is 0.227 e. The number of carbonyl (C=O) groups is 1. The Morgan fingerprint density at radius 3 is 2.52 bits per heavy atom. The van der Waals surface area contributed by atoms with Crippen LogP contribution in [0.4, 0.5) is 0 Å². The Bertz CT molecular complexity index is 544. The summed E-state index contributed by atoms with van der Waals surface area (Å²) in [6, 6.07) is 7.81. The van der Waals surface area contributed by atoms with Crippen LogP contribution in [0.15, 0.2) is 24.3 Å². The van der Waals surface area contributed by atoms with Crippen molar-refractivity contribution in [1.29, 1.82) is 0 Å². The normalized spacial score (nSPS) is 26.3. The van der Waals surface area contributed by atoms with E-state index >= 15 is 0 Å². The monoisotopic (exact) mass is 336 g/mol. The lowest BCUT2D eigenvalue weighted by Gasteiger charge is -2.42. The van der Waals surface area contributed by atoms with Crippen molar-refractivity contribution in [3.05, 3.63) is 34.9 Å². The Balaban J connectivity index is 1.52. The highest BCUT2D eigenvalue weighted by molar-refractivity contribution is 6.31. The van der Waals surface area contributed by atoms with Gasteiger partial charge in [0.15, 0.2) is 0 Å². The summed E-state index contributed by atoms with van der Waals surface area (Å²) in [6.45, 7) is 3.20. The fourth-order valence-electron chi connectivity index (χ4n) is 3.74. The summed E-state index contributed by atoms with van der Waals surface area (Å²) in [6.07, 6.45) is 4.49. The van der Waals surface area contributed by atoms with Crippen molar-refractivity contribution in [1.82, 2.24) is 9.80 Å². The second kappa shape index (κ2) is 7.65. The molecule has 4 nitrogen and oxygen atoms in total. The Labute approximate surface area is 143 Å². The summed E-state index contributed by atoms with van der Waals surface area (Å²) >= 11 is 6.14. The van der Waals surface area contributed by atoms with Crippen molar-refractivity contribution in [2.75, 3.05) is 26.2 Å².